The molecule has 10 heteroatoms. The van der Waals surface area contributed by atoms with E-state index in [1.165, 1.54) is 43.6 Å². The van der Waals surface area contributed by atoms with E-state index in [2.05, 4.69) is 4.98 Å². The lowest BCUT2D eigenvalue weighted by molar-refractivity contribution is -0.162. The van der Waals surface area contributed by atoms with Gasteiger partial charge in [0.15, 0.2) is 21.0 Å². The molecule has 0 unspecified atom stereocenters. The van der Waals surface area contributed by atoms with Crippen LogP contribution in [0, 0.1) is 5.92 Å². The summed E-state index contributed by atoms with van der Waals surface area (Å²) >= 11 is 6.15. The minimum Gasteiger partial charge on any atom is -0.476 e. The molecule has 2 aromatic carbocycles. The number of ether oxygens (including phenoxy) is 2. The summed E-state index contributed by atoms with van der Waals surface area (Å²) in [5.41, 5.74) is -2.99. The molecule has 1 saturated carbocycles. The second-order valence-corrected chi connectivity index (χ2v) is 11.2. The van der Waals surface area contributed by atoms with Gasteiger partial charge in [-0.3, -0.25) is 9.78 Å². The monoisotopic (exact) mass is 515 g/mol. The molecule has 0 spiro atoms. The lowest BCUT2D eigenvalue weighted by atomic mass is 9.71. The number of halogens is 1. The third-order valence-electron chi connectivity index (χ3n) is 6.93. The molecule has 2 heterocycles. The van der Waals surface area contributed by atoms with Crippen LogP contribution in [0.3, 0.4) is 0 Å². The van der Waals surface area contributed by atoms with Crippen LogP contribution >= 0.6 is 11.6 Å². The number of aromatic nitrogens is 1. The van der Waals surface area contributed by atoms with Crippen molar-refractivity contribution in [3.63, 3.8) is 0 Å². The van der Waals surface area contributed by atoms with Crippen LogP contribution in [0.5, 0.6) is 5.75 Å². The van der Waals surface area contributed by atoms with Crippen LogP contribution in [-0.4, -0.2) is 49.1 Å². The Morgan fingerprint density at radius 2 is 1.80 bits per heavy atom. The van der Waals surface area contributed by atoms with Gasteiger partial charge in [0.05, 0.1) is 22.9 Å². The minimum absolute atomic E-state index is 0.0222. The Balaban J connectivity index is 1.85. The van der Waals surface area contributed by atoms with Crippen molar-refractivity contribution in [2.24, 2.45) is 5.92 Å². The molecule has 182 valence electrons. The summed E-state index contributed by atoms with van der Waals surface area (Å²) in [7, 11) is -2.30. The second kappa shape index (κ2) is 8.03. The van der Waals surface area contributed by atoms with Crippen LogP contribution in [0.2, 0.25) is 5.02 Å². The fourth-order valence-corrected chi connectivity index (χ4v) is 6.26. The molecule has 0 amide bonds. The smallest absolute Gasteiger partial charge is 0.312 e. The molecule has 0 saturated heterocycles. The van der Waals surface area contributed by atoms with Gasteiger partial charge in [-0.1, -0.05) is 54.1 Å². The van der Waals surface area contributed by atoms with E-state index >= 15 is 0 Å². The fourth-order valence-electron chi connectivity index (χ4n) is 5.48. The molecule has 8 nitrogen and oxygen atoms in total. The number of aliphatic hydroxyl groups excluding tert-OH is 1. The van der Waals surface area contributed by atoms with Crippen molar-refractivity contribution in [2.45, 2.75) is 28.1 Å². The molecule has 0 bridgehead atoms. The number of hydrogen-bond donors (Lipinski definition) is 2. The second-order valence-electron chi connectivity index (χ2n) is 8.78. The number of methoxy groups -OCH3 is 1. The van der Waals surface area contributed by atoms with Crippen LogP contribution in [0.15, 0.2) is 71.8 Å². The highest BCUT2D eigenvalue weighted by Crippen LogP contribution is 2.68. The molecule has 1 fully saturated rings. The number of fused-ring (bicyclic) bond motifs is 3. The topological polar surface area (TPSA) is 123 Å². The number of carbonyl (C=O) groups is 1. The standard InChI is InChI=1S/C25H22ClNO7S/c1-33-23(29)19-20(14-6-4-3-5-7-14)25(15-8-10-17(11-9-15)35(2,31)32)24(30,22(19)28)21-18(34-25)12-16(26)13-27-21/h3-13,19-20,22,28,30H,1-2H3/t19-,20-,22-,24+,25+/m1/s1. The number of pyridine rings is 1. The highest BCUT2D eigenvalue weighted by molar-refractivity contribution is 7.90. The van der Waals surface area contributed by atoms with Gasteiger partial charge in [0.2, 0.25) is 0 Å². The maximum absolute atomic E-state index is 13.0. The minimum atomic E-state index is -3.50. The predicted molar refractivity (Wildman–Crippen MR) is 126 cm³/mol. The SMILES string of the molecule is COC(=O)[C@H]1[C@@H](O)[C@@]2(O)c3ncc(Cl)cc3O[C@@]2(c2ccc(S(C)(=O)=O)cc2)[C@@H]1c1ccccc1. The summed E-state index contributed by atoms with van der Waals surface area (Å²) in [5.74, 6) is -2.75. The molecule has 35 heavy (non-hydrogen) atoms. The van der Waals surface area contributed by atoms with Crippen LogP contribution in [-0.2, 0) is 30.6 Å². The molecule has 2 aliphatic rings. The zero-order chi connectivity index (χ0) is 25.2. The first kappa shape index (κ1) is 23.7. The first-order chi connectivity index (χ1) is 16.6. The molecule has 1 aliphatic heterocycles. The molecule has 5 atom stereocenters. The Hall–Kier alpha value is -2.98. The van der Waals surface area contributed by atoms with E-state index in [-0.39, 0.29) is 21.4 Å². The van der Waals surface area contributed by atoms with E-state index in [0.717, 1.165) is 6.26 Å². The molecular formula is C25H22ClNO7S. The maximum Gasteiger partial charge on any atom is 0.312 e. The van der Waals surface area contributed by atoms with E-state index in [1.807, 2.05) is 0 Å². The number of benzene rings is 2. The Morgan fingerprint density at radius 1 is 1.14 bits per heavy atom. The van der Waals surface area contributed by atoms with Gasteiger partial charge in [0, 0.05) is 24.4 Å². The maximum atomic E-state index is 13.0. The summed E-state index contributed by atoms with van der Waals surface area (Å²) in [6.45, 7) is 0. The molecule has 5 rings (SSSR count). The number of esters is 1. The summed E-state index contributed by atoms with van der Waals surface area (Å²) in [5, 5.41) is 24.1. The summed E-state index contributed by atoms with van der Waals surface area (Å²) in [6.07, 6.45) is 0.731. The van der Waals surface area contributed by atoms with Crippen LogP contribution in [0.4, 0.5) is 0 Å². The molecule has 2 N–H and O–H groups in total. The lowest BCUT2D eigenvalue weighted by Crippen LogP contribution is -2.52. The average Bonchev–Trinajstić information content (AvgIpc) is 3.21. The highest BCUT2D eigenvalue weighted by Gasteiger charge is 2.78. The predicted octanol–water partition coefficient (Wildman–Crippen LogP) is 2.56. The van der Waals surface area contributed by atoms with Gasteiger partial charge < -0.3 is 19.7 Å². The van der Waals surface area contributed by atoms with Gasteiger partial charge in [0.1, 0.15) is 17.5 Å². The van der Waals surface area contributed by atoms with Crippen molar-refractivity contribution in [1.29, 1.82) is 0 Å². The average molecular weight is 516 g/mol. The first-order valence-electron chi connectivity index (χ1n) is 10.7. The van der Waals surface area contributed by atoms with E-state index in [1.54, 1.807) is 30.3 Å². The van der Waals surface area contributed by atoms with Crippen molar-refractivity contribution in [3.8, 4) is 5.75 Å². The van der Waals surface area contributed by atoms with Gasteiger partial charge in [0.25, 0.3) is 0 Å². The lowest BCUT2D eigenvalue weighted by Gasteiger charge is -2.40. The Bertz CT molecular complexity index is 1410. The number of rotatable bonds is 4. The van der Waals surface area contributed by atoms with Crippen molar-refractivity contribution >= 4 is 27.4 Å². The zero-order valence-electron chi connectivity index (χ0n) is 18.8. The normalized spacial score (nSPS) is 29.2. The van der Waals surface area contributed by atoms with Crippen LogP contribution in [0.1, 0.15) is 22.7 Å². The molecule has 1 aromatic heterocycles. The van der Waals surface area contributed by atoms with Crippen molar-refractivity contribution < 1.29 is 32.9 Å². The molecule has 1 aliphatic carbocycles. The van der Waals surface area contributed by atoms with Gasteiger partial charge in [-0.2, -0.15) is 0 Å². The molecular weight excluding hydrogens is 494 g/mol. The third kappa shape index (κ3) is 3.22. The molecule has 3 aromatic rings. The van der Waals surface area contributed by atoms with E-state index in [9.17, 15) is 23.4 Å². The van der Waals surface area contributed by atoms with Crippen molar-refractivity contribution in [1.82, 2.24) is 4.98 Å². The summed E-state index contributed by atoms with van der Waals surface area (Å²) in [4.78, 5) is 17.4. The number of carbonyl (C=O) groups excluding carboxylic acids is 1. The van der Waals surface area contributed by atoms with Crippen LogP contribution < -0.4 is 4.74 Å². The zero-order valence-corrected chi connectivity index (χ0v) is 20.3. The number of aliphatic hydroxyl groups is 2. The van der Waals surface area contributed by atoms with Crippen molar-refractivity contribution in [2.75, 3.05) is 13.4 Å². The first-order valence-corrected chi connectivity index (χ1v) is 13.0. The highest BCUT2D eigenvalue weighted by atomic mass is 35.5. The number of nitrogens with zero attached hydrogens (tertiary/aromatic N) is 1. The largest absolute Gasteiger partial charge is 0.476 e. The Kier molecular flexibility index (Phi) is 5.45. The van der Waals surface area contributed by atoms with Gasteiger partial charge in [-0.05, 0) is 23.3 Å². The van der Waals surface area contributed by atoms with Gasteiger partial charge in [-0.25, -0.2) is 8.42 Å². The Labute approximate surface area is 207 Å². The number of sulfone groups is 1. The summed E-state index contributed by atoms with van der Waals surface area (Å²) in [6, 6.07) is 16.2. The third-order valence-corrected chi connectivity index (χ3v) is 8.26. The molecule has 0 radical (unpaired) electrons. The summed E-state index contributed by atoms with van der Waals surface area (Å²) < 4.78 is 35.7. The van der Waals surface area contributed by atoms with E-state index in [4.69, 9.17) is 21.1 Å². The quantitative estimate of drug-likeness (QED) is 0.508. The number of hydrogen-bond acceptors (Lipinski definition) is 8. The Morgan fingerprint density at radius 3 is 2.40 bits per heavy atom. The van der Waals surface area contributed by atoms with Crippen molar-refractivity contribution in [3.05, 3.63) is 88.7 Å². The van der Waals surface area contributed by atoms with E-state index in [0.29, 0.717) is 11.1 Å². The van der Waals surface area contributed by atoms with Crippen LogP contribution in [0.25, 0.3) is 0 Å². The van der Waals surface area contributed by atoms with Gasteiger partial charge >= 0.3 is 5.97 Å². The van der Waals surface area contributed by atoms with E-state index < -0.39 is 44.9 Å². The van der Waals surface area contributed by atoms with Gasteiger partial charge in [-0.15, -0.1) is 0 Å². The fraction of sp³-hybridized carbons (Fsp3) is 0.280.